The number of hydrogen-bond acceptors (Lipinski definition) is 3. The second-order valence-corrected chi connectivity index (χ2v) is 6.35. The molecule has 3 aromatic carbocycles. The maximum atomic E-state index is 12.6. The van der Waals surface area contributed by atoms with Gasteiger partial charge in [-0.05, 0) is 43.7 Å². The van der Waals surface area contributed by atoms with Crippen LogP contribution in [-0.4, -0.2) is 18.3 Å². The van der Waals surface area contributed by atoms with Gasteiger partial charge in [0.2, 0.25) is 0 Å². The van der Waals surface area contributed by atoms with Gasteiger partial charge in [-0.1, -0.05) is 54.1 Å². The topological polar surface area (TPSA) is 55.4 Å². The first-order valence-electron chi connectivity index (χ1n) is 8.73. The first-order valence-corrected chi connectivity index (χ1v) is 8.73. The minimum atomic E-state index is -0.282. The lowest BCUT2D eigenvalue weighted by Gasteiger charge is -2.12. The fraction of sp³-hybridized carbons (Fsp3) is 0.130. The third-order valence-corrected chi connectivity index (χ3v) is 4.20. The number of rotatable bonds is 6. The molecule has 4 nitrogen and oxygen atoms in total. The molecule has 136 valence electrons. The van der Waals surface area contributed by atoms with E-state index in [0.717, 1.165) is 11.1 Å². The number of amides is 1. The number of nitrogens with one attached hydrogen (secondary N) is 1. The van der Waals surface area contributed by atoms with E-state index in [0.29, 0.717) is 22.6 Å². The number of para-hydroxylation sites is 2. The highest BCUT2D eigenvalue weighted by molar-refractivity contribution is 6.06. The smallest absolute Gasteiger partial charge is 0.259 e. The number of Topliss-reactive ketones (excluding diaryl/α,β-unsaturated/α-hetero) is 1. The van der Waals surface area contributed by atoms with Crippen molar-refractivity contribution in [1.29, 1.82) is 0 Å². The molecule has 3 rings (SSSR count). The molecule has 0 saturated carbocycles. The zero-order valence-electron chi connectivity index (χ0n) is 15.4. The van der Waals surface area contributed by atoms with Crippen molar-refractivity contribution in [2.24, 2.45) is 0 Å². The third-order valence-electron chi connectivity index (χ3n) is 4.20. The van der Waals surface area contributed by atoms with Crippen molar-refractivity contribution in [1.82, 2.24) is 0 Å². The third kappa shape index (κ3) is 4.61. The predicted molar refractivity (Wildman–Crippen MR) is 107 cm³/mol. The Bertz CT molecular complexity index is 964. The summed E-state index contributed by atoms with van der Waals surface area (Å²) < 4.78 is 5.69. The van der Waals surface area contributed by atoms with E-state index in [1.165, 1.54) is 0 Å². The van der Waals surface area contributed by atoms with Crippen molar-refractivity contribution in [3.63, 3.8) is 0 Å². The molecule has 1 amide bonds. The minimum absolute atomic E-state index is 0.120. The molecule has 0 heterocycles. The molecule has 0 aliphatic heterocycles. The minimum Gasteiger partial charge on any atom is -0.485 e. The number of anilines is 1. The van der Waals surface area contributed by atoms with Crippen LogP contribution in [0.1, 0.15) is 31.8 Å². The Labute approximate surface area is 158 Å². The van der Waals surface area contributed by atoms with Crippen LogP contribution < -0.4 is 10.1 Å². The molecule has 0 atom stereocenters. The number of carbonyl (C=O) groups excluding carboxylic acids is 2. The molecule has 27 heavy (non-hydrogen) atoms. The summed E-state index contributed by atoms with van der Waals surface area (Å²) in [5.41, 5.74) is 3.73. The summed E-state index contributed by atoms with van der Waals surface area (Å²) in [5, 5.41) is 2.83. The second-order valence-electron chi connectivity index (χ2n) is 6.35. The lowest BCUT2D eigenvalue weighted by Crippen LogP contribution is -2.17. The molecule has 3 aromatic rings. The van der Waals surface area contributed by atoms with E-state index in [-0.39, 0.29) is 18.3 Å². The monoisotopic (exact) mass is 359 g/mol. The van der Waals surface area contributed by atoms with Crippen molar-refractivity contribution in [3.05, 3.63) is 95.1 Å². The second kappa shape index (κ2) is 8.32. The van der Waals surface area contributed by atoms with Crippen molar-refractivity contribution in [2.45, 2.75) is 13.8 Å². The molecule has 0 aliphatic carbocycles. The van der Waals surface area contributed by atoms with Crippen LogP contribution in [0, 0.1) is 13.8 Å². The van der Waals surface area contributed by atoms with Gasteiger partial charge < -0.3 is 10.1 Å². The standard InChI is InChI=1S/C23H21NO3/c1-16-12-13-19(17(2)14-16)21(25)15-27-22-11-7-6-10-20(22)23(26)24-18-8-4-3-5-9-18/h3-14H,15H2,1-2H3,(H,24,26). The van der Waals surface area contributed by atoms with Crippen molar-refractivity contribution in [2.75, 3.05) is 11.9 Å². The number of hydrogen-bond donors (Lipinski definition) is 1. The van der Waals surface area contributed by atoms with E-state index >= 15 is 0 Å². The molecule has 0 saturated heterocycles. The molecular formula is C23H21NO3. The summed E-state index contributed by atoms with van der Waals surface area (Å²) in [5.74, 6) is -0.0226. The summed E-state index contributed by atoms with van der Waals surface area (Å²) in [7, 11) is 0. The maximum absolute atomic E-state index is 12.6. The normalized spacial score (nSPS) is 10.3. The van der Waals surface area contributed by atoms with Crippen molar-refractivity contribution >= 4 is 17.4 Å². The van der Waals surface area contributed by atoms with Crippen LogP contribution in [0.2, 0.25) is 0 Å². The molecule has 0 spiro atoms. The molecular weight excluding hydrogens is 338 g/mol. The predicted octanol–water partition coefficient (Wildman–Crippen LogP) is 4.82. The van der Waals surface area contributed by atoms with Gasteiger partial charge in [-0.3, -0.25) is 9.59 Å². The number of carbonyl (C=O) groups is 2. The van der Waals surface area contributed by atoms with E-state index in [1.807, 2.05) is 62.4 Å². The van der Waals surface area contributed by atoms with Crippen LogP contribution in [0.5, 0.6) is 5.75 Å². The number of benzene rings is 3. The molecule has 1 N–H and O–H groups in total. The van der Waals surface area contributed by atoms with Crippen molar-refractivity contribution in [3.8, 4) is 5.75 Å². The van der Waals surface area contributed by atoms with E-state index in [4.69, 9.17) is 4.74 Å². The van der Waals surface area contributed by atoms with Gasteiger partial charge in [0.25, 0.3) is 5.91 Å². The fourth-order valence-electron chi connectivity index (χ4n) is 2.85. The van der Waals surface area contributed by atoms with E-state index in [9.17, 15) is 9.59 Å². The van der Waals surface area contributed by atoms with Crippen molar-refractivity contribution < 1.29 is 14.3 Å². The Hall–Kier alpha value is -3.40. The molecule has 0 fully saturated rings. The van der Waals surface area contributed by atoms with Gasteiger partial charge in [0, 0.05) is 11.3 Å². The lowest BCUT2D eigenvalue weighted by molar-refractivity contribution is 0.0913. The van der Waals surface area contributed by atoms with Gasteiger partial charge in [0.15, 0.2) is 12.4 Å². The number of aryl methyl sites for hydroxylation is 2. The van der Waals surface area contributed by atoms with Crippen LogP contribution in [0.4, 0.5) is 5.69 Å². The summed E-state index contributed by atoms with van der Waals surface area (Å²) in [6, 6.07) is 21.8. The maximum Gasteiger partial charge on any atom is 0.259 e. The Morgan fingerprint density at radius 2 is 1.56 bits per heavy atom. The van der Waals surface area contributed by atoms with Crippen LogP contribution in [-0.2, 0) is 0 Å². The molecule has 0 aromatic heterocycles. The fourth-order valence-corrected chi connectivity index (χ4v) is 2.85. The molecule has 0 unspecified atom stereocenters. The first-order chi connectivity index (χ1) is 13.0. The lowest BCUT2D eigenvalue weighted by atomic mass is 10.0. The Kier molecular flexibility index (Phi) is 5.67. The highest BCUT2D eigenvalue weighted by Gasteiger charge is 2.15. The van der Waals surface area contributed by atoms with Gasteiger partial charge in [0.05, 0.1) is 5.56 Å². The first kappa shape index (κ1) is 18.4. The summed E-state index contributed by atoms with van der Waals surface area (Å²) in [4.78, 5) is 25.1. The van der Waals surface area contributed by atoms with E-state index in [2.05, 4.69) is 5.32 Å². The Balaban J connectivity index is 1.72. The van der Waals surface area contributed by atoms with Gasteiger partial charge in [0.1, 0.15) is 5.75 Å². The zero-order chi connectivity index (χ0) is 19.2. The summed E-state index contributed by atoms with van der Waals surface area (Å²) >= 11 is 0. The molecule has 0 aliphatic rings. The number of ketones is 1. The SMILES string of the molecule is Cc1ccc(C(=O)COc2ccccc2C(=O)Nc2ccccc2)c(C)c1. The Morgan fingerprint density at radius 1 is 0.852 bits per heavy atom. The van der Waals surface area contributed by atoms with Crippen LogP contribution in [0.3, 0.4) is 0 Å². The number of ether oxygens (including phenoxy) is 1. The van der Waals surface area contributed by atoms with Crippen LogP contribution >= 0.6 is 0 Å². The average Bonchev–Trinajstić information content (AvgIpc) is 2.67. The molecule has 0 radical (unpaired) electrons. The van der Waals surface area contributed by atoms with Gasteiger partial charge >= 0.3 is 0 Å². The van der Waals surface area contributed by atoms with E-state index < -0.39 is 0 Å². The molecule has 0 bridgehead atoms. The van der Waals surface area contributed by atoms with Gasteiger partial charge in [-0.25, -0.2) is 0 Å². The zero-order valence-corrected chi connectivity index (χ0v) is 15.4. The molecule has 4 heteroatoms. The quantitative estimate of drug-likeness (QED) is 0.642. The Morgan fingerprint density at radius 3 is 2.30 bits per heavy atom. The van der Waals surface area contributed by atoms with Crippen LogP contribution in [0.25, 0.3) is 0 Å². The van der Waals surface area contributed by atoms with Crippen LogP contribution in [0.15, 0.2) is 72.8 Å². The highest BCUT2D eigenvalue weighted by Crippen LogP contribution is 2.20. The largest absolute Gasteiger partial charge is 0.485 e. The average molecular weight is 359 g/mol. The van der Waals surface area contributed by atoms with Gasteiger partial charge in [-0.15, -0.1) is 0 Å². The van der Waals surface area contributed by atoms with Gasteiger partial charge in [-0.2, -0.15) is 0 Å². The summed E-state index contributed by atoms with van der Waals surface area (Å²) in [6.07, 6.45) is 0. The van der Waals surface area contributed by atoms with E-state index in [1.54, 1.807) is 24.3 Å². The highest BCUT2D eigenvalue weighted by atomic mass is 16.5. The summed E-state index contributed by atoms with van der Waals surface area (Å²) in [6.45, 7) is 3.76.